The van der Waals surface area contributed by atoms with Crippen LogP contribution >= 0.6 is 0 Å². The Kier molecular flexibility index (Phi) is 5.69. The number of likely N-dealkylation sites (tertiary alicyclic amines) is 1. The van der Waals surface area contributed by atoms with Gasteiger partial charge in [-0.1, -0.05) is 6.07 Å². The Labute approximate surface area is 173 Å². The average molecular weight is 406 g/mol. The van der Waals surface area contributed by atoms with E-state index in [0.29, 0.717) is 43.1 Å². The molecule has 154 valence electrons. The number of ether oxygens (including phenoxy) is 1. The maximum Gasteiger partial charge on any atom is 0.272 e. The van der Waals surface area contributed by atoms with Gasteiger partial charge in [0.1, 0.15) is 24.1 Å². The van der Waals surface area contributed by atoms with Crippen molar-refractivity contribution in [3.8, 4) is 11.4 Å². The molecule has 1 fully saturated rings. The average Bonchev–Trinajstić information content (AvgIpc) is 3.34. The molecule has 2 amide bonds. The Morgan fingerprint density at radius 1 is 1.10 bits per heavy atom. The predicted octanol–water partition coefficient (Wildman–Crippen LogP) is 2.16. The second kappa shape index (κ2) is 8.73. The molecule has 0 unspecified atom stereocenters. The maximum absolute atomic E-state index is 12.9. The lowest BCUT2D eigenvalue weighted by Crippen LogP contribution is -2.41. The van der Waals surface area contributed by atoms with Gasteiger partial charge in [-0.3, -0.25) is 19.1 Å². The van der Waals surface area contributed by atoms with Gasteiger partial charge in [-0.2, -0.15) is 0 Å². The first kappa shape index (κ1) is 19.6. The van der Waals surface area contributed by atoms with Gasteiger partial charge < -0.3 is 15.0 Å². The highest BCUT2D eigenvalue weighted by Crippen LogP contribution is 2.29. The monoisotopic (exact) mass is 406 g/mol. The topological polar surface area (TPSA) is 102 Å². The van der Waals surface area contributed by atoms with Crippen molar-refractivity contribution < 1.29 is 14.3 Å². The van der Waals surface area contributed by atoms with Crippen molar-refractivity contribution in [2.75, 3.05) is 25.5 Å². The first-order chi connectivity index (χ1) is 14.7. The summed E-state index contributed by atoms with van der Waals surface area (Å²) in [6.45, 7) is 1.04. The van der Waals surface area contributed by atoms with E-state index in [1.165, 1.54) is 0 Å². The van der Waals surface area contributed by atoms with Crippen LogP contribution in [0, 0.1) is 5.92 Å². The van der Waals surface area contributed by atoms with Crippen LogP contribution in [-0.2, 0) is 4.79 Å². The normalized spacial score (nSPS) is 14.4. The molecule has 9 heteroatoms. The molecule has 0 aliphatic carbocycles. The molecule has 1 N–H and O–H groups in total. The number of hydrogen-bond donors (Lipinski definition) is 1. The van der Waals surface area contributed by atoms with Crippen LogP contribution in [0.2, 0.25) is 0 Å². The minimum absolute atomic E-state index is 0.0841. The third-order valence-corrected chi connectivity index (χ3v) is 5.19. The Hall–Kier alpha value is -3.75. The minimum Gasteiger partial charge on any atom is -0.495 e. The number of methoxy groups -OCH3 is 1. The summed E-state index contributed by atoms with van der Waals surface area (Å²) < 4.78 is 7.14. The second-order valence-corrected chi connectivity index (χ2v) is 7.02. The Morgan fingerprint density at radius 3 is 2.53 bits per heavy atom. The van der Waals surface area contributed by atoms with Gasteiger partial charge >= 0.3 is 0 Å². The standard InChI is InChI=1S/C21H22N6O3/c1-30-19-6-5-16(27-13-23-24-14-27)12-18(19)25-20(28)15-7-10-26(11-8-15)21(29)17-4-2-3-9-22-17/h2-6,9,12-15H,7-8,10-11H2,1H3,(H,25,28). The molecule has 1 aromatic carbocycles. The van der Waals surface area contributed by atoms with Crippen LogP contribution in [-0.4, -0.2) is 56.7 Å². The smallest absolute Gasteiger partial charge is 0.272 e. The van der Waals surface area contributed by atoms with Crippen LogP contribution in [0.15, 0.2) is 55.2 Å². The summed E-state index contributed by atoms with van der Waals surface area (Å²) in [5.74, 6) is 0.209. The van der Waals surface area contributed by atoms with Gasteiger partial charge in [0.05, 0.1) is 18.5 Å². The minimum atomic E-state index is -0.180. The van der Waals surface area contributed by atoms with Crippen LogP contribution in [0.1, 0.15) is 23.3 Å². The Morgan fingerprint density at radius 2 is 1.87 bits per heavy atom. The van der Waals surface area contributed by atoms with Gasteiger partial charge in [-0.05, 0) is 43.2 Å². The fraction of sp³-hybridized carbons (Fsp3) is 0.286. The van der Waals surface area contributed by atoms with Crippen molar-refractivity contribution >= 4 is 17.5 Å². The van der Waals surface area contributed by atoms with E-state index < -0.39 is 0 Å². The molecule has 0 radical (unpaired) electrons. The van der Waals surface area contributed by atoms with E-state index in [0.717, 1.165) is 5.69 Å². The van der Waals surface area contributed by atoms with Crippen LogP contribution < -0.4 is 10.1 Å². The van der Waals surface area contributed by atoms with Crippen molar-refractivity contribution in [1.29, 1.82) is 0 Å². The van der Waals surface area contributed by atoms with Crippen molar-refractivity contribution in [3.05, 3.63) is 60.9 Å². The molecule has 0 saturated carbocycles. The van der Waals surface area contributed by atoms with E-state index in [-0.39, 0.29) is 17.7 Å². The molecule has 4 rings (SSSR count). The molecule has 1 aliphatic heterocycles. The number of nitrogens with zero attached hydrogens (tertiary/aromatic N) is 5. The van der Waals surface area contributed by atoms with E-state index in [4.69, 9.17) is 4.74 Å². The van der Waals surface area contributed by atoms with Crippen molar-refractivity contribution in [2.24, 2.45) is 5.92 Å². The van der Waals surface area contributed by atoms with E-state index in [9.17, 15) is 9.59 Å². The SMILES string of the molecule is COc1ccc(-n2cnnc2)cc1NC(=O)C1CCN(C(=O)c2ccccn2)CC1. The van der Waals surface area contributed by atoms with Crippen molar-refractivity contribution in [1.82, 2.24) is 24.6 Å². The summed E-state index contributed by atoms with van der Waals surface area (Å²) >= 11 is 0. The number of aromatic nitrogens is 4. The Balaban J connectivity index is 1.40. The third-order valence-electron chi connectivity index (χ3n) is 5.19. The zero-order chi connectivity index (χ0) is 20.9. The largest absolute Gasteiger partial charge is 0.495 e. The molecule has 0 atom stereocenters. The molecule has 9 nitrogen and oxygen atoms in total. The van der Waals surface area contributed by atoms with Gasteiger partial charge in [-0.25, -0.2) is 0 Å². The number of benzene rings is 1. The summed E-state index contributed by atoms with van der Waals surface area (Å²) in [5, 5.41) is 10.6. The summed E-state index contributed by atoms with van der Waals surface area (Å²) in [4.78, 5) is 31.3. The first-order valence-corrected chi connectivity index (χ1v) is 9.70. The fourth-order valence-corrected chi connectivity index (χ4v) is 3.52. The van der Waals surface area contributed by atoms with E-state index in [2.05, 4.69) is 20.5 Å². The lowest BCUT2D eigenvalue weighted by molar-refractivity contribution is -0.121. The van der Waals surface area contributed by atoms with Crippen LogP contribution in [0.3, 0.4) is 0 Å². The van der Waals surface area contributed by atoms with E-state index >= 15 is 0 Å². The summed E-state index contributed by atoms with van der Waals surface area (Å²) in [6, 6.07) is 10.7. The lowest BCUT2D eigenvalue weighted by atomic mass is 9.95. The number of anilines is 1. The number of hydrogen-bond acceptors (Lipinski definition) is 6. The molecule has 0 bridgehead atoms. The number of carbonyl (C=O) groups is 2. The van der Waals surface area contributed by atoms with Gasteiger partial charge in [-0.15, -0.1) is 10.2 Å². The third kappa shape index (κ3) is 4.14. The van der Waals surface area contributed by atoms with E-state index in [1.54, 1.807) is 59.7 Å². The van der Waals surface area contributed by atoms with Gasteiger partial charge in [0.2, 0.25) is 5.91 Å². The van der Waals surface area contributed by atoms with E-state index in [1.807, 2.05) is 12.1 Å². The van der Waals surface area contributed by atoms with Gasteiger partial charge in [0.15, 0.2) is 0 Å². The second-order valence-electron chi connectivity index (χ2n) is 7.02. The molecule has 30 heavy (non-hydrogen) atoms. The molecule has 0 spiro atoms. The number of piperidine rings is 1. The molecular formula is C21H22N6O3. The number of rotatable bonds is 5. The zero-order valence-electron chi connectivity index (χ0n) is 16.6. The van der Waals surface area contributed by atoms with Crippen LogP contribution in [0.4, 0.5) is 5.69 Å². The van der Waals surface area contributed by atoms with Gasteiger partial charge in [0, 0.05) is 25.2 Å². The molecule has 3 heterocycles. The molecular weight excluding hydrogens is 384 g/mol. The van der Waals surface area contributed by atoms with Gasteiger partial charge in [0.25, 0.3) is 5.91 Å². The van der Waals surface area contributed by atoms with Crippen LogP contribution in [0.25, 0.3) is 5.69 Å². The number of amides is 2. The van der Waals surface area contributed by atoms with Crippen LogP contribution in [0.5, 0.6) is 5.75 Å². The molecule has 1 saturated heterocycles. The number of nitrogens with one attached hydrogen (secondary N) is 1. The Bertz CT molecular complexity index is 1010. The number of carbonyl (C=O) groups excluding carboxylic acids is 2. The summed E-state index contributed by atoms with van der Waals surface area (Å²) in [5.41, 5.74) is 1.82. The predicted molar refractivity (Wildman–Crippen MR) is 109 cm³/mol. The van der Waals surface area contributed by atoms with Crippen molar-refractivity contribution in [3.63, 3.8) is 0 Å². The fourth-order valence-electron chi connectivity index (χ4n) is 3.52. The summed E-state index contributed by atoms with van der Waals surface area (Å²) in [7, 11) is 1.56. The first-order valence-electron chi connectivity index (χ1n) is 9.70. The quantitative estimate of drug-likeness (QED) is 0.697. The van der Waals surface area contributed by atoms with Crippen molar-refractivity contribution in [2.45, 2.75) is 12.8 Å². The maximum atomic E-state index is 12.9. The molecule has 1 aliphatic rings. The zero-order valence-corrected chi connectivity index (χ0v) is 16.6. The number of pyridine rings is 1. The summed E-state index contributed by atoms with van der Waals surface area (Å²) in [6.07, 6.45) is 5.97. The molecule has 2 aromatic heterocycles. The highest BCUT2D eigenvalue weighted by molar-refractivity contribution is 5.95. The lowest BCUT2D eigenvalue weighted by Gasteiger charge is -2.31. The molecule has 3 aromatic rings. The highest BCUT2D eigenvalue weighted by Gasteiger charge is 2.28. The highest BCUT2D eigenvalue weighted by atomic mass is 16.5.